The number of halogens is 2. The average Bonchev–Trinajstić information content (AvgIpc) is 3.11. The molecule has 0 bridgehead atoms. The Bertz CT molecular complexity index is 1200. The van der Waals surface area contributed by atoms with Gasteiger partial charge in [0.1, 0.15) is 5.69 Å². The van der Waals surface area contributed by atoms with Gasteiger partial charge in [-0.1, -0.05) is 36.2 Å². The predicted octanol–water partition coefficient (Wildman–Crippen LogP) is 5.37. The monoisotopic (exact) mass is 483 g/mol. The highest BCUT2D eigenvalue weighted by Gasteiger charge is 2.37. The van der Waals surface area contributed by atoms with Gasteiger partial charge < -0.3 is 0 Å². The molecule has 1 atom stereocenters. The summed E-state index contributed by atoms with van der Waals surface area (Å²) in [6.45, 7) is 3.57. The number of benzene rings is 1. The standard InChI is InChI=1S/C20H19ClFN3O4S2/c1-3-14(12-18-16(21)9-11-30-18)24(17-8-10-23-20(22)19(17)25(26)27)31(28,29)15-6-4-13(2)5-7-15/h4-11,14H,3,12H2,1-2H3. The van der Waals surface area contributed by atoms with Crippen LogP contribution in [0.25, 0.3) is 0 Å². The van der Waals surface area contributed by atoms with Crippen LogP contribution < -0.4 is 4.31 Å². The molecule has 3 rings (SSSR count). The van der Waals surface area contributed by atoms with E-state index in [0.29, 0.717) is 11.4 Å². The first kappa shape index (κ1) is 23.1. The molecule has 11 heteroatoms. The molecule has 1 unspecified atom stereocenters. The molecule has 0 saturated carbocycles. The van der Waals surface area contributed by atoms with Gasteiger partial charge in [0, 0.05) is 17.5 Å². The normalized spacial score (nSPS) is 12.5. The lowest BCUT2D eigenvalue weighted by Gasteiger charge is -2.32. The lowest BCUT2D eigenvalue weighted by molar-refractivity contribution is -0.387. The molecule has 0 aliphatic carbocycles. The highest BCUT2D eigenvalue weighted by atomic mass is 35.5. The van der Waals surface area contributed by atoms with Crippen molar-refractivity contribution in [3.63, 3.8) is 0 Å². The summed E-state index contributed by atoms with van der Waals surface area (Å²) in [6, 6.07) is 8.20. The molecule has 0 amide bonds. The minimum atomic E-state index is -4.28. The van der Waals surface area contributed by atoms with Crippen molar-refractivity contribution in [2.45, 2.75) is 37.6 Å². The van der Waals surface area contributed by atoms with Gasteiger partial charge in [0.05, 0.1) is 20.9 Å². The fourth-order valence-corrected chi connectivity index (χ4v) is 6.11. The van der Waals surface area contributed by atoms with E-state index < -0.39 is 32.6 Å². The third-order valence-electron chi connectivity index (χ3n) is 4.77. The molecule has 0 fully saturated rings. The smallest absolute Gasteiger partial charge is 0.258 e. The van der Waals surface area contributed by atoms with Crippen molar-refractivity contribution in [1.29, 1.82) is 0 Å². The van der Waals surface area contributed by atoms with E-state index in [1.54, 1.807) is 30.5 Å². The average molecular weight is 484 g/mol. The number of aryl methyl sites for hydroxylation is 1. The van der Waals surface area contributed by atoms with Crippen LogP contribution in [0.4, 0.5) is 15.8 Å². The Kier molecular flexibility index (Phi) is 6.93. The second-order valence-corrected chi connectivity index (χ2v) is 10.0. The number of nitro groups is 1. The summed E-state index contributed by atoms with van der Waals surface area (Å²) < 4.78 is 42.6. The van der Waals surface area contributed by atoms with Crippen LogP contribution in [-0.2, 0) is 16.4 Å². The van der Waals surface area contributed by atoms with Crippen LogP contribution in [-0.4, -0.2) is 24.4 Å². The van der Waals surface area contributed by atoms with Gasteiger partial charge in [-0.25, -0.2) is 13.4 Å². The minimum Gasteiger partial charge on any atom is -0.258 e. The van der Waals surface area contributed by atoms with E-state index in [2.05, 4.69) is 4.98 Å². The second-order valence-electron chi connectivity index (χ2n) is 6.80. The molecule has 2 aromatic heterocycles. The zero-order valence-electron chi connectivity index (χ0n) is 16.7. The van der Waals surface area contributed by atoms with Crippen LogP contribution in [0.1, 0.15) is 23.8 Å². The number of nitrogens with zero attached hydrogens (tertiary/aromatic N) is 3. The molecule has 0 radical (unpaired) electrons. The van der Waals surface area contributed by atoms with Crippen LogP contribution >= 0.6 is 22.9 Å². The summed E-state index contributed by atoms with van der Waals surface area (Å²) in [4.78, 5) is 14.7. The van der Waals surface area contributed by atoms with Gasteiger partial charge in [-0.05, 0) is 43.0 Å². The Morgan fingerprint density at radius 1 is 1.26 bits per heavy atom. The van der Waals surface area contributed by atoms with Crippen molar-refractivity contribution >= 4 is 44.3 Å². The Hall–Kier alpha value is -2.56. The third-order valence-corrected chi connectivity index (χ3v) is 8.06. The summed E-state index contributed by atoms with van der Waals surface area (Å²) in [5.74, 6) is -1.35. The third kappa shape index (κ3) is 4.70. The molecule has 3 aromatic rings. The summed E-state index contributed by atoms with van der Waals surface area (Å²) in [7, 11) is -4.28. The van der Waals surface area contributed by atoms with E-state index in [0.717, 1.165) is 27.0 Å². The first-order chi connectivity index (χ1) is 14.7. The quantitative estimate of drug-likeness (QED) is 0.244. The Balaban J connectivity index is 2.24. The van der Waals surface area contributed by atoms with Gasteiger partial charge in [-0.2, -0.15) is 4.39 Å². The van der Waals surface area contributed by atoms with Gasteiger partial charge in [0.2, 0.25) is 0 Å². The Labute approximate surface area is 188 Å². The zero-order valence-corrected chi connectivity index (χ0v) is 19.0. The van der Waals surface area contributed by atoms with Crippen molar-refractivity contribution in [3.05, 3.63) is 79.5 Å². The topological polar surface area (TPSA) is 93.4 Å². The first-order valence-corrected chi connectivity index (χ1v) is 12.0. The minimum absolute atomic E-state index is 0.0552. The Morgan fingerprint density at radius 3 is 2.48 bits per heavy atom. The maximum atomic E-state index is 14.3. The van der Waals surface area contributed by atoms with E-state index in [4.69, 9.17) is 11.6 Å². The van der Waals surface area contributed by atoms with Crippen LogP contribution in [0.15, 0.2) is 52.9 Å². The van der Waals surface area contributed by atoms with Crippen LogP contribution in [0.5, 0.6) is 0 Å². The molecular formula is C20H19ClFN3O4S2. The zero-order chi connectivity index (χ0) is 22.8. The van der Waals surface area contributed by atoms with Crippen molar-refractivity contribution in [3.8, 4) is 0 Å². The maximum absolute atomic E-state index is 14.3. The van der Waals surface area contributed by atoms with Crippen LogP contribution in [0, 0.1) is 23.0 Å². The molecule has 0 spiro atoms. The number of rotatable bonds is 8. The lowest BCUT2D eigenvalue weighted by atomic mass is 10.1. The fourth-order valence-electron chi connectivity index (χ4n) is 3.19. The van der Waals surface area contributed by atoms with Crippen molar-refractivity contribution in [2.24, 2.45) is 0 Å². The molecule has 0 aliphatic heterocycles. The maximum Gasteiger partial charge on any atom is 0.348 e. The van der Waals surface area contributed by atoms with E-state index in [-0.39, 0.29) is 17.0 Å². The molecule has 0 saturated heterocycles. The van der Waals surface area contributed by atoms with Gasteiger partial charge in [-0.15, -0.1) is 11.3 Å². The molecule has 0 N–H and O–H groups in total. The summed E-state index contributed by atoms with van der Waals surface area (Å²) in [6.07, 6.45) is 1.53. The van der Waals surface area contributed by atoms with E-state index in [9.17, 15) is 22.9 Å². The molecular weight excluding hydrogens is 465 g/mol. The Morgan fingerprint density at radius 2 is 1.94 bits per heavy atom. The van der Waals surface area contributed by atoms with Crippen LogP contribution in [0.2, 0.25) is 5.02 Å². The summed E-state index contributed by atoms with van der Waals surface area (Å²) in [5.41, 5.74) is -0.518. The van der Waals surface area contributed by atoms with E-state index in [1.807, 2.05) is 6.92 Å². The molecule has 31 heavy (non-hydrogen) atoms. The van der Waals surface area contributed by atoms with E-state index in [1.165, 1.54) is 23.5 Å². The summed E-state index contributed by atoms with van der Waals surface area (Å²) >= 11 is 7.57. The van der Waals surface area contributed by atoms with Crippen molar-refractivity contribution in [2.75, 3.05) is 4.31 Å². The van der Waals surface area contributed by atoms with Gasteiger partial charge in [-0.3, -0.25) is 14.4 Å². The SMILES string of the molecule is CCC(Cc1sccc1Cl)N(c1ccnc(F)c1[N+](=O)[O-])S(=O)(=O)c1ccc(C)cc1. The lowest BCUT2D eigenvalue weighted by Crippen LogP contribution is -2.42. The molecule has 0 aliphatic rings. The van der Waals surface area contributed by atoms with Gasteiger partial charge in [0.15, 0.2) is 0 Å². The number of hydrogen-bond acceptors (Lipinski definition) is 6. The summed E-state index contributed by atoms with van der Waals surface area (Å²) in [5, 5.41) is 13.9. The second kappa shape index (κ2) is 9.29. The highest BCUT2D eigenvalue weighted by molar-refractivity contribution is 7.92. The van der Waals surface area contributed by atoms with Crippen molar-refractivity contribution in [1.82, 2.24) is 4.98 Å². The van der Waals surface area contributed by atoms with E-state index >= 15 is 0 Å². The number of aromatic nitrogens is 1. The molecule has 7 nitrogen and oxygen atoms in total. The predicted molar refractivity (Wildman–Crippen MR) is 119 cm³/mol. The highest BCUT2D eigenvalue weighted by Crippen LogP contribution is 2.37. The largest absolute Gasteiger partial charge is 0.348 e. The molecule has 164 valence electrons. The molecule has 2 heterocycles. The number of anilines is 1. The number of hydrogen-bond donors (Lipinski definition) is 0. The number of thiophene rings is 1. The number of sulfonamides is 1. The fraction of sp³-hybridized carbons (Fsp3) is 0.250. The number of pyridine rings is 1. The van der Waals surface area contributed by atoms with Crippen molar-refractivity contribution < 1.29 is 17.7 Å². The first-order valence-electron chi connectivity index (χ1n) is 9.28. The van der Waals surface area contributed by atoms with Crippen LogP contribution in [0.3, 0.4) is 0 Å². The van der Waals surface area contributed by atoms with Gasteiger partial charge in [0.25, 0.3) is 16.0 Å². The van der Waals surface area contributed by atoms with Gasteiger partial charge >= 0.3 is 5.69 Å². The molecule has 1 aromatic carbocycles.